The first-order valence-electron chi connectivity index (χ1n) is 6.63. The predicted octanol–water partition coefficient (Wildman–Crippen LogP) is 1.02. The fourth-order valence-electron chi connectivity index (χ4n) is 2.61. The summed E-state index contributed by atoms with van der Waals surface area (Å²) in [5, 5.41) is 0. The van der Waals surface area contributed by atoms with Crippen molar-refractivity contribution in [3.05, 3.63) is 30.3 Å². The van der Waals surface area contributed by atoms with Gasteiger partial charge in [0.15, 0.2) is 0 Å². The molecule has 1 aromatic rings. The highest BCUT2D eigenvalue weighted by Gasteiger charge is 2.32. The largest absolute Gasteiger partial charge is 0.340 e. The molecule has 2 unspecified atom stereocenters. The van der Waals surface area contributed by atoms with E-state index in [-0.39, 0.29) is 0 Å². The number of para-hydroxylation sites is 1. The SMILES string of the molecule is CC1CN(C(=Nc2ccccc2)NN)CC1N(C)C. The fourth-order valence-corrected chi connectivity index (χ4v) is 2.61. The molecule has 2 atom stereocenters. The molecule has 1 fully saturated rings. The summed E-state index contributed by atoms with van der Waals surface area (Å²) in [6.45, 7) is 4.18. The Kier molecular flexibility index (Phi) is 4.39. The monoisotopic (exact) mass is 261 g/mol. The van der Waals surface area contributed by atoms with Crippen molar-refractivity contribution < 1.29 is 0 Å². The summed E-state index contributed by atoms with van der Waals surface area (Å²) in [7, 11) is 4.24. The molecule has 0 radical (unpaired) electrons. The Morgan fingerprint density at radius 2 is 2.00 bits per heavy atom. The van der Waals surface area contributed by atoms with Crippen LogP contribution in [-0.2, 0) is 0 Å². The van der Waals surface area contributed by atoms with E-state index >= 15 is 0 Å². The van der Waals surface area contributed by atoms with Gasteiger partial charge in [0.25, 0.3) is 0 Å². The number of nitrogens with one attached hydrogen (secondary N) is 1. The van der Waals surface area contributed by atoms with Crippen LogP contribution >= 0.6 is 0 Å². The molecule has 0 amide bonds. The van der Waals surface area contributed by atoms with Crippen LogP contribution in [0.5, 0.6) is 0 Å². The highest BCUT2D eigenvalue weighted by Crippen LogP contribution is 2.21. The Hall–Kier alpha value is -1.59. The van der Waals surface area contributed by atoms with Gasteiger partial charge in [0, 0.05) is 19.1 Å². The second-order valence-corrected chi connectivity index (χ2v) is 5.33. The predicted molar refractivity (Wildman–Crippen MR) is 79.1 cm³/mol. The molecule has 0 bridgehead atoms. The van der Waals surface area contributed by atoms with E-state index in [1.807, 2.05) is 30.3 Å². The zero-order valence-corrected chi connectivity index (χ0v) is 11.9. The van der Waals surface area contributed by atoms with Crippen molar-refractivity contribution in [1.29, 1.82) is 0 Å². The number of likely N-dealkylation sites (tertiary alicyclic amines) is 1. The maximum Gasteiger partial charge on any atom is 0.213 e. The van der Waals surface area contributed by atoms with E-state index in [0.29, 0.717) is 12.0 Å². The average Bonchev–Trinajstić information content (AvgIpc) is 2.79. The van der Waals surface area contributed by atoms with E-state index in [0.717, 1.165) is 24.7 Å². The van der Waals surface area contributed by atoms with Gasteiger partial charge in [-0.25, -0.2) is 10.8 Å². The number of hydrogen-bond donors (Lipinski definition) is 2. The third-order valence-electron chi connectivity index (χ3n) is 3.66. The average molecular weight is 261 g/mol. The van der Waals surface area contributed by atoms with Gasteiger partial charge in [-0.3, -0.25) is 5.43 Å². The Balaban J connectivity index is 2.14. The molecule has 0 aromatic heterocycles. The Labute approximate surface area is 115 Å². The Morgan fingerprint density at radius 3 is 2.53 bits per heavy atom. The van der Waals surface area contributed by atoms with E-state index in [2.05, 4.69) is 41.2 Å². The van der Waals surface area contributed by atoms with E-state index in [9.17, 15) is 0 Å². The minimum Gasteiger partial charge on any atom is -0.340 e. The van der Waals surface area contributed by atoms with Crippen molar-refractivity contribution in [2.24, 2.45) is 16.8 Å². The topological polar surface area (TPSA) is 56.9 Å². The lowest BCUT2D eigenvalue weighted by molar-refractivity contribution is 0.262. The number of rotatable bonds is 2. The summed E-state index contributed by atoms with van der Waals surface area (Å²) in [6.07, 6.45) is 0. The van der Waals surface area contributed by atoms with Crippen LogP contribution in [0.4, 0.5) is 5.69 Å². The zero-order valence-electron chi connectivity index (χ0n) is 11.9. The summed E-state index contributed by atoms with van der Waals surface area (Å²) in [6, 6.07) is 10.4. The second-order valence-electron chi connectivity index (χ2n) is 5.33. The van der Waals surface area contributed by atoms with E-state index in [4.69, 9.17) is 5.84 Å². The molecule has 2 rings (SSSR count). The van der Waals surface area contributed by atoms with Crippen LogP contribution < -0.4 is 11.3 Å². The summed E-state index contributed by atoms with van der Waals surface area (Å²) in [4.78, 5) is 9.05. The van der Waals surface area contributed by atoms with Gasteiger partial charge >= 0.3 is 0 Å². The molecule has 1 aromatic carbocycles. The number of hydrogen-bond acceptors (Lipinski definition) is 3. The third-order valence-corrected chi connectivity index (χ3v) is 3.66. The summed E-state index contributed by atoms with van der Waals surface area (Å²) in [5.74, 6) is 6.97. The summed E-state index contributed by atoms with van der Waals surface area (Å²) >= 11 is 0. The molecule has 5 heteroatoms. The summed E-state index contributed by atoms with van der Waals surface area (Å²) in [5.41, 5.74) is 3.64. The number of likely N-dealkylation sites (N-methyl/N-ethyl adjacent to an activating group) is 1. The molecule has 1 aliphatic rings. The number of aliphatic imine (C=N–C) groups is 1. The molecule has 104 valence electrons. The molecular formula is C14H23N5. The van der Waals surface area contributed by atoms with Crippen LogP contribution in [0, 0.1) is 5.92 Å². The quantitative estimate of drug-likeness (QED) is 0.361. The molecule has 5 nitrogen and oxygen atoms in total. The number of benzene rings is 1. The molecule has 1 saturated heterocycles. The van der Waals surface area contributed by atoms with Crippen molar-refractivity contribution in [2.75, 3.05) is 27.2 Å². The lowest BCUT2D eigenvalue weighted by Gasteiger charge is -2.23. The van der Waals surface area contributed by atoms with Crippen molar-refractivity contribution in [2.45, 2.75) is 13.0 Å². The van der Waals surface area contributed by atoms with Crippen LogP contribution in [-0.4, -0.2) is 49.0 Å². The van der Waals surface area contributed by atoms with Crippen LogP contribution in [0.25, 0.3) is 0 Å². The van der Waals surface area contributed by atoms with Gasteiger partial charge in [-0.1, -0.05) is 25.1 Å². The van der Waals surface area contributed by atoms with Crippen molar-refractivity contribution in [3.8, 4) is 0 Å². The molecule has 19 heavy (non-hydrogen) atoms. The standard InChI is InChI=1S/C14H23N5/c1-11-9-19(10-13(11)18(2)3)14(17-15)16-12-7-5-4-6-8-12/h4-8,11,13H,9-10,15H2,1-3H3,(H,16,17). The Morgan fingerprint density at radius 1 is 1.32 bits per heavy atom. The molecule has 1 heterocycles. The van der Waals surface area contributed by atoms with E-state index in [1.54, 1.807) is 0 Å². The Bertz CT molecular complexity index is 429. The zero-order chi connectivity index (χ0) is 13.8. The first kappa shape index (κ1) is 13.8. The molecule has 3 N–H and O–H groups in total. The van der Waals surface area contributed by atoms with Crippen LogP contribution in [0.15, 0.2) is 35.3 Å². The van der Waals surface area contributed by atoms with Crippen LogP contribution in [0.1, 0.15) is 6.92 Å². The normalized spacial score (nSPS) is 24.1. The molecule has 1 aliphatic heterocycles. The number of nitrogens with zero attached hydrogens (tertiary/aromatic N) is 3. The van der Waals surface area contributed by atoms with Gasteiger partial charge < -0.3 is 9.80 Å². The molecule has 0 spiro atoms. The van der Waals surface area contributed by atoms with Crippen molar-refractivity contribution >= 4 is 11.6 Å². The highest BCUT2D eigenvalue weighted by atomic mass is 15.4. The van der Waals surface area contributed by atoms with E-state index < -0.39 is 0 Å². The van der Waals surface area contributed by atoms with Gasteiger partial charge in [0.2, 0.25) is 5.96 Å². The minimum absolute atomic E-state index is 0.536. The van der Waals surface area contributed by atoms with Gasteiger partial charge in [0.1, 0.15) is 0 Å². The highest BCUT2D eigenvalue weighted by molar-refractivity contribution is 5.82. The smallest absolute Gasteiger partial charge is 0.213 e. The van der Waals surface area contributed by atoms with Gasteiger partial charge in [-0.15, -0.1) is 0 Å². The lowest BCUT2D eigenvalue weighted by atomic mass is 10.1. The number of hydrazine groups is 1. The van der Waals surface area contributed by atoms with Gasteiger partial charge in [-0.05, 0) is 32.1 Å². The number of nitrogens with two attached hydrogens (primary N) is 1. The minimum atomic E-state index is 0.536. The van der Waals surface area contributed by atoms with Gasteiger partial charge in [0.05, 0.1) is 5.69 Å². The first-order valence-corrected chi connectivity index (χ1v) is 6.63. The maximum atomic E-state index is 5.63. The lowest BCUT2D eigenvalue weighted by Crippen LogP contribution is -2.44. The van der Waals surface area contributed by atoms with Gasteiger partial charge in [-0.2, -0.15) is 0 Å². The second kappa shape index (κ2) is 6.04. The molecular weight excluding hydrogens is 238 g/mol. The molecule has 0 aliphatic carbocycles. The van der Waals surface area contributed by atoms with Crippen LogP contribution in [0.2, 0.25) is 0 Å². The fraction of sp³-hybridized carbons (Fsp3) is 0.500. The van der Waals surface area contributed by atoms with E-state index in [1.165, 1.54) is 0 Å². The molecule has 0 saturated carbocycles. The number of guanidine groups is 1. The summed E-state index contributed by atoms with van der Waals surface area (Å²) < 4.78 is 0. The van der Waals surface area contributed by atoms with Crippen LogP contribution in [0.3, 0.4) is 0 Å². The third kappa shape index (κ3) is 3.24. The van der Waals surface area contributed by atoms with Crippen molar-refractivity contribution in [1.82, 2.24) is 15.2 Å². The maximum absolute atomic E-state index is 5.63. The van der Waals surface area contributed by atoms with Crippen molar-refractivity contribution in [3.63, 3.8) is 0 Å². The first-order chi connectivity index (χ1) is 9.11.